The van der Waals surface area contributed by atoms with Gasteiger partial charge in [-0.2, -0.15) is 22.3 Å². The Kier molecular flexibility index (Phi) is 9.01. The van der Waals surface area contributed by atoms with Crippen molar-refractivity contribution in [2.45, 2.75) is 55.9 Å². The van der Waals surface area contributed by atoms with Crippen molar-refractivity contribution in [1.29, 1.82) is 10.5 Å². The lowest BCUT2D eigenvalue weighted by Crippen LogP contribution is -2.36. The molecule has 1 aliphatic carbocycles. The van der Waals surface area contributed by atoms with Gasteiger partial charge in [0, 0.05) is 35.0 Å². The van der Waals surface area contributed by atoms with Gasteiger partial charge in [-0.05, 0) is 18.9 Å². The summed E-state index contributed by atoms with van der Waals surface area (Å²) in [6, 6.07) is 11.5. The molecule has 1 aromatic heterocycles. The lowest BCUT2D eigenvalue weighted by molar-refractivity contribution is -0.134. The fourth-order valence-electron chi connectivity index (χ4n) is 3.86. The zero-order valence-electron chi connectivity index (χ0n) is 18.0. The molecule has 7 nitrogen and oxygen atoms in total. The molecule has 32 heavy (non-hydrogen) atoms. The van der Waals surface area contributed by atoms with Crippen molar-refractivity contribution in [2.24, 2.45) is 0 Å². The van der Waals surface area contributed by atoms with Gasteiger partial charge >= 0.3 is 5.97 Å². The summed E-state index contributed by atoms with van der Waals surface area (Å²) in [4.78, 5) is 26.7. The average molecular weight is 454 g/mol. The molecule has 0 bridgehead atoms. The number of nitriles is 2. The Balaban J connectivity index is 1.69. The first-order valence-corrected chi connectivity index (χ1v) is 12.0. The van der Waals surface area contributed by atoms with E-state index in [1.807, 2.05) is 48.2 Å². The molecule has 0 N–H and O–H groups in total. The minimum Gasteiger partial charge on any atom is -0.450 e. The quantitative estimate of drug-likeness (QED) is 0.475. The molecule has 2 aromatic rings. The molecule has 8 heteroatoms. The van der Waals surface area contributed by atoms with Gasteiger partial charge in [-0.1, -0.05) is 37.5 Å². The number of rotatable bonds is 10. The van der Waals surface area contributed by atoms with Crippen LogP contribution < -0.4 is 0 Å². The molecule has 0 spiro atoms. The van der Waals surface area contributed by atoms with E-state index in [2.05, 4.69) is 0 Å². The number of hydrogen-bond acceptors (Lipinski definition) is 7. The van der Waals surface area contributed by atoms with E-state index in [-0.39, 0.29) is 31.7 Å². The molecule has 1 aliphatic rings. The first-order chi connectivity index (χ1) is 15.6. The van der Waals surface area contributed by atoms with Crippen LogP contribution >= 0.6 is 11.8 Å². The number of thioether (sulfide) groups is 1. The van der Waals surface area contributed by atoms with Gasteiger partial charge in [0.1, 0.15) is 5.58 Å². The number of amides is 1. The second-order valence-corrected chi connectivity index (χ2v) is 9.04. The number of fused-ring (bicyclic) bond motifs is 1. The number of nitrogens with zero attached hydrogens (tertiary/aromatic N) is 3. The van der Waals surface area contributed by atoms with Crippen molar-refractivity contribution >= 4 is 34.6 Å². The maximum absolute atomic E-state index is 12.8. The Morgan fingerprint density at radius 2 is 1.78 bits per heavy atom. The van der Waals surface area contributed by atoms with Gasteiger partial charge in [-0.3, -0.25) is 4.79 Å². The predicted molar refractivity (Wildman–Crippen MR) is 122 cm³/mol. The van der Waals surface area contributed by atoms with E-state index in [9.17, 15) is 9.59 Å². The molecule has 0 radical (unpaired) electrons. The summed E-state index contributed by atoms with van der Waals surface area (Å²) >= 11 is 1.84. The monoisotopic (exact) mass is 453 g/mol. The molecule has 1 aromatic carbocycles. The van der Waals surface area contributed by atoms with Crippen LogP contribution in [0.3, 0.4) is 0 Å². The fourth-order valence-corrected chi connectivity index (χ4v) is 5.21. The Morgan fingerprint density at radius 1 is 1.09 bits per heavy atom. The van der Waals surface area contributed by atoms with Crippen LogP contribution in [0.15, 0.2) is 28.7 Å². The van der Waals surface area contributed by atoms with Crippen molar-refractivity contribution in [2.75, 3.05) is 19.7 Å². The summed E-state index contributed by atoms with van der Waals surface area (Å²) in [5.74, 6) is -0.313. The van der Waals surface area contributed by atoms with E-state index >= 15 is 0 Å². The summed E-state index contributed by atoms with van der Waals surface area (Å²) in [6.45, 7) is -0.0626. The van der Waals surface area contributed by atoms with Crippen LogP contribution in [0.2, 0.25) is 0 Å². The van der Waals surface area contributed by atoms with Gasteiger partial charge < -0.3 is 14.1 Å². The Hall–Kier alpha value is -2.97. The minimum absolute atomic E-state index is 0.142. The molecule has 1 saturated carbocycles. The molecule has 1 amide bonds. The third kappa shape index (κ3) is 6.27. The van der Waals surface area contributed by atoms with Crippen molar-refractivity contribution < 1.29 is 18.7 Å². The molecule has 1 fully saturated rings. The van der Waals surface area contributed by atoms with E-state index in [1.165, 1.54) is 37.0 Å². The topological polar surface area (TPSA) is 107 Å². The SMILES string of the molecule is N#CCCN(CCC#N)C(=O)COC(=O)c1oc2ccccc2c1CSC1CCCCC1. The third-order valence-electron chi connectivity index (χ3n) is 5.57. The normalized spacial score (nSPS) is 13.9. The summed E-state index contributed by atoms with van der Waals surface area (Å²) in [5.41, 5.74) is 1.43. The zero-order valence-corrected chi connectivity index (χ0v) is 18.9. The second kappa shape index (κ2) is 12.2. The van der Waals surface area contributed by atoms with Gasteiger partial charge in [0.2, 0.25) is 5.76 Å². The van der Waals surface area contributed by atoms with E-state index in [0.717, 1.165) is 10.9 Å². The largest absolute Gasteiger partial charge is 0.450 e. The summed E-state index contributed by atoms with van der Waals surface area (Å²) in [5, 5.41) is 19.0. The van der Waals surface area contributed by atoms with E-state index in [4.69, 9.17) is 19.7 Å². The molecule has 3 rings (SSSR count). The molecule has 0 atom stereocenters. The van der Waals surface area contributed by atoms with E-state index in [1.54, 1.807) is 0 Å². The van der Waals surface area contributed by atoms with Crippen LogP contribution in [0.4, 0.5) is 0 Å². The van der Waals surface area contributed by atoms with Crippen LogP contribution in [0, 0.1) is 22.7 Å². The minimum atomic E-state index is -0.672. The van der Waals surface area contributed by atoms with Crippen molar-refractivity contribution in [3.63, 3.8) is 0 Å². The first-order valence-electron chi connectivity index (χ1n) is 10.9. The van der Waals surface area contributed by atoms with Gasteiger partial charge in [0.25, 0.3) is 5.91 Å². The van der Waals surface area contributed by atoms with Crippen LogP contribution in [-0.2, 0) is 15.3 Å². The van der Waals surface area contributed by atoms with Crippen molar-refractivity contribution in [1.82, 2.24) is 4.90 Å². The Bertz CT molecular complexity index is 996. The molecule has 168 valence electrons. The first kappa shape index (κ1) is 23.7. The van der Waals surface area contributed by atoms with Gasteiger partial charge in [0.15, 0.2) is 6.61 Å². The number of ether oxygens (including phenoxy) is 1. The standard InChI is InChI=1S/C24H27N3O4S/c25-12-6-14-27(15-7-13-26)22(28)16-30-24(29)23-20(17-32-18-8-2-1-3-9-18)19-10-4-5-11-21(19)31-23/h4-5,10-11,18H,1-3,6-9,14-17H2. The number of carbonyl (C=O) groups excluding carboxylic acids is 2. The molecule has 0 aliphatic heterocycles. The van der Waals surface area contributed by atoms with Crippen LogP contribution in [0.25, 0.3) is 11.0 Å². The molecular weight excluding hydrogens is 426 g/mol. The highest BCUT2D eigenvalue weighted by Crippen LogP contribution is 2.35. The van der Waals surface area contributed by atoms with E-state index in [0.29, 0.717) is 16.6 Å². The van der Waals surface area contributed by atoms with Crippen LogP contribution in [-0.4, -0.2) is 41.7 Å². The molecule has 0 saturated heterocycles. The number of carbonyl (C=O) groups is 2. The molecular formula is C24H27N3O4S. The summed E-state index contributed by atoms with van der Waals surface area (Å²) < 4.78 is 11.1. The number of para-hydroxylation sites is 1. The molecule has 1 heterocycles. The number of benzene rings is 1. The lowest BCUT2D eigenvalue weighted by Gasteiger charge is -2.21. The average Bonchev–Trinajstić information content (AvgIpc) is 3.20. The number of hydrogen-bond donors (Lipinski definition) is 0. The Labute approximate surface area is 192 Å². The van der Waals surface area contributed by atoms with Gasteiger partial charge in [0.05, 0.1) is 25.0 Å². The molecule has 0 unspecified atom stereocenters. The predicted octanol–water partition coefficient (Wildman–Crippen LogP) is 4.81. The fraction of sp³-hybridized carbons (Fsp3) is 0.500. The van der Waals surface area contributed by atoms with Crippen LogP contribution in [0.5, 0.6) is 0 Å². The smallest absolute Gasteiger partial charge is 0.375 e. The highest BCUT2D eigenvalue weighted by atomic mass is 32.2. The number of esters is 1. The van der Waals surface area contributed by atoms with Gasteiger partial charge in [-0.25, -0.2) is 4.79 Å². The maximum Gasteiger partial charge on any atom is 0.375 e. The Morgan fingerprint density at radius 3 is 2.47 bits per heavy atom. The zero-order chi connectivity index (χ0) is 22.8. The van der Waals surface area contributed by atoms with Crippen molar-refractivity contribution in [3.05, 3.63) is 35.6 Å². The summed E-state index contributed by atoms with van der Waals surface area (Å²) in [7, 11) is 0. The van der Waals surface area contributed by atoms with E-state index < -0.39 is 18.5 Å². The third-order valence-corrected chi connectivity index (χ3v) is 6.96. The van der Waals surface area contributed by atoms with Gasteiger partial charge in [-0.15, -0.1) is 0 Å². The highest BCUT2D eigenvalue weighted by Gasteiger charge is 2.25. The van der Waals surface area contributed by atoms with Crippen LogP contribution in [0.1, 0.15) is 61.1 Å². The maximum atomic E-state index is 12.8. The number of furan rings is 1. The highest BCUT2D eigenvalue weighted by molar-refractivity contribution is 7.99. The lowest BCUT2D eigenvalue weighted by atomic mass is 10.0. The second-order valence-electron chi connectivity index (χ2n) is 7.75. The van der Waals surface area contributed by atoms with Crippen molar-refractivity contribution in [3.8, 4) is 12.1 Å². The summed E-state index contributed by atoms with van der Waals surface area (Å²) in [6.07, 6.45) is 6.46.